The van der Waals surface area contributed by atoms with Crippen LogP contribution in [0.1, 0.15) is 6.42 Å². The van der Waals surface area contributed by atoms with Gasteiger partial charge in [0.1, 0.15) is 11.6 Å². The molecular weight excluding hydrogens is 341 g/mol. The summed E-state index contributed by atoms with van der Waals surface area (Å²) in [5, 5.41) is 0. The highest BCUT2D eigenvalue weighted by atomic mass is 19.1. The molecule has 0 aliphatic heterocycles. The van der Waals surface area contributed by atoms with Crippen molar-refractivity contribution in [2.45, 2.75) is 26.1 Å². The monoisotopic (exact) mass is 361 g/mol. The molecule has 138 valence electrons. The predicted octanol–water partition coefficient (Wildman–Crippen LogP) is 1.15. The van der Waals surface area contributed by atoms with Crippen molar-refractivity contribution in [2.75, 3.05) is 6.61 Å². The van der Waals surface area contributed by atoms with Crippen LogP contribution in [0.5, 0.6) is 5.75 Å². The van der Waals surface area contributed by atoms with Gasteiger partial charge in [-0.05, 0) is 30.7 Å². The van der Waals surface area contributed by atoms with E-state index in [1.807, 2.05) is 0 Å². The van der Waals surface area contributed by atoms with E-state index in [4.69, 9.17) is 4.74 Å². The van der Waals surface area contributed by atoms with Crippen LogP contribution in [0, 0.1) is 5.82 Å². The Morgan fingerprint density at radius 2 is 1.38 bits per heavy atom. The number of ether oxygens (including phenoxy) is 1. The zero-order valence-electron chi connectivity index (χ0n) is 14.3. The van der Waals surface area contributed by atoms with Crippen LogP contribution in [0.3, 0.4) is 0 Å². The molecule has 0 unspecified atom stereocenters. The largest absolute Gasteiger partial charge is 0.494 e. The maximum absolute atomic E-state index is 12.8. The molecule has 0 radical (unpaired) electrons. The van der Waals surface area contributed by atoms with Crippen molar-refractivity contribution in [1.82, 2.24) is 13.7 Å². The van der Waals surface area contributed by atoms with Crippen LogP contribution in [0.25, 0.3) is 0 Å². The van der Waals surface area contributed by atoms with Gasteiger partial charge >= 0.3 is 17.1 Å². The third-order valence-corrected chi connectivity index (χ3v) is 3.62. The number of rotatable bonds is 9. The van der Waals surface area contributed by atoms with Crippen LogP contribution in [-0.2, 0) is 19.6 Å². The second kappa shape index (κ2) is 8.80. The molecule has 2 rings (SSSR count). The molecule has 1 aromatic heterocycles. The first kappa shape index (κ1) is 19.2. The molecule has 0 amide bonds. The van der Waals surface area contributed by atoms with Gasteiger partial charge in [-0.2, -0.15) is 0 Å². The minimum absolute atomic E-state index is 0.00116. The van der Waals surface area contributed by atoms with E-state index < -0.39 is 17.1 Å². The molecular formula is C18H20FN3O4. The third-order valence-electron chi connectivity index (χ3n) is 3.62. The Labute approximate surface area is 148 Å². The summed E-state index contributed by atoms with van der Waals surface area (Å²) in [5.41, 5.74) is -2.08. The summed E-state index contributed by atoms with van der Waals surface area (Å²) in [6.07, 6.45) is 3.17. The van der Waals surface area contributed by atoms with Gasteiger partial charge in [0.15, 0.2) is 0 Å². The Morgan fingerprint density at radius 3 is 1.88 bits per heavy atom. The molecule has 1 heterocycles. The van der Waals surface area contributed by atoms with E-state index in [0.717, 1.165) is 13.7 Å². The molecule has 2 aromatic rings. The van der Waals surface area contributed by atoms with Crippen LogP contribution in [0.2, 0.25) is 0 Å². The molecule has 26 heavy (non-hydrogen) atoms. The average molecular weight is 361 g/mol. The lowest BCUT2D eigenvalue weighted by atomic mass is 10.3. The Bertz CT molecular complexity index is 906. The second-order valence-electron chi connectivity index (χ2n) is 5.45. The van der Waals surface area contributed by atoms with Gasteiger partial charge < -0.3 is 4.74 Å². The van der Waals surface area contributed by atoms with Crippen LogP contribution in [-0.4, -0.2) is 20.3 Å². The highest BCUT2D eigenvalue weighted by Crippen LogP contribution is 2.11. The van der Waals surface area contributed by atoms with Gasteiger partial charge in [-0.3, -0.25) is 0 Å². The zero-order chi connectivity index (χ0) is 19.1. The maximum Gasteiger partial charge on any atom is 0.336 e. The number of benzene rings is 1. The number of aromatic nitrogens is 3. The quantitative estimate of drug-likeness (QED) is 0.496. The first-order valence-electron chi connectivity index (χ1n) is 8.04. The summed E-state index contributed by atoms with van der Waals surface area (Å²) >= 11 is 0. The summed E-state index contributed by atoms with van der Waals surface area (Å²) in [4.78, 5) is 37.1. The molecule has 0 saturated heterocycles. The average Bonchev–Trinajstić information content (AvgIpc) is 2.63. The van der Waals surface area contributed by atoms with Crippen LogP contribution < -0.4 is 21.8 Å². The minimum atomic E-state index is -0.696. The molecule has 1 aromatic carbocycles. The van der Waals surface area contributed by atoms with Crippen molar-refractivity contribution < 1.29 is 9.13 Å². The minimum Gasteiger partial charge on any atom is -0.494 e. The summed E-state index contributed by atoms with van der Waals surface area (Å²) in [7, 11) is 0. The van der Waals surface area contributed by atoms with E-state index >= 15 is 0 Å². The Morgan fingerprint density at radius 1 is 0.885 bits per heavy atom. The summed E-state index contributed by atoms with van der Waals surface area (Å²) < 4.78 is 21.2. The van der Waals surface area contributed by atoms with Crippen molar-refractivity contribution >= 4 is 0 Å². The van der Waals surface area contributed by atoms with Gasteiger partial charge in [0.05, 0.1) is 19.7 Å². The summed E-state index contributed by atoms with van der Waals surface area (Å²) in [6, 6.07) is 5.53. The van der Waals surface area contributed by atoms with E-state index in [2.05, 4.69) is 13.2 Å². The van der Waals surface area contributed by atoms with Crippen molar-refractivity contribution in [3.63, 3.8) is 0 Å². The van der Waals surface area contributed by atoms with E-state index in [9.17, 15) is 18.8 Å². The predicted molar refractivity (Wildman–Crippen MR) is 96.1 cm³/mol. The second-order valence-corrected chi connectivity index (χ2v) is 5.45. The van der Waals surface area contributed by atoms with E-state index in [1.54, 1.807) is 0 Å². The molecule has 0 bridgehead atoms. The van der Waals surface area contributed by atoms with E-state index in [-0.39, 0.29) is 32.1 Å². The highest BCUT2D eigenvalue weighted by Gasteiger charge is 2.13. The SMILES string of the molecule is C=CCn1c(=O)n(CC=C)c(=O)n(CCCOc2ccc(F)cc2)c1=O. The van der Waals surface area contributed by atoms with Gasteiger partial charge in [0, 0.05) is 6.54 Å². The molecule has 0 aliphatic carbocycles. The summed E-state index contributed by atoms with van der Waals surface area (Å²) in [6.45, 7) is 7.34. The zero-order valence-corrected chi connectivity index (χ0v) is 14.3. The first-order chi connectivity index (χ1) is 12.5. The molecule has 0 fully saturated rings. The van der Waals surface area contributed by atoms with Crippen molar-refractivity contribution in [3.05, 3.63) is 86.8 Å². The Kier molecular flexibility index (Phi) is 6.48. The van der Waals surface area contributed by atoms with Gasteiger partial charge in [-0.15, -0.1) is 13.2 Å². The number of nitrogens with zero attached hydrogens (tertiary/aromatic N) is 3. The standard InChI is InChI=1S/C18H20FN3O4/c1-3-10-20-16(23)21(11-4-2)18(25)22(17(20)24)12-5-13-26-15-8-6-14(19)7-9-15/h3-4,6-9H,1-2,5,10-13H2. The fourth-order valence-corrected chi connectivity index (χ4v) is 2.39. The van der Waals surface area contributed by atoms with E-state index in [1.165, 1.54) is 36.4 Å². The fraction of sp³-hybridized carbons (Fsp3) is 0.278. The van der Waals surface area contributed by atoms with Crippen LogP contribution in [0.4, 0.5) is 4.39 Å². The topological polar surface area (TPSA) is 75.2 Å². The van der Waals surface area contributed by atoms with Crippen molar-refractivity contribution in [2.24, 2.45) is 0 Å². The molecule has 0 spiro atoms. The normalized spacial score (nSPS) is 10.5. The number of allylic oxidation sites excluding steroid dienone is 2. The number of hydrogen-bond acceptors (Lipinski definition) is 4. The Balaban J connectivity index is 2.19. The molecule has 7 nitrogen and oxygen atoms in total. The van der Waals surface area contributed by atoms with Gasteiger partial charge in [0.25, 0.3) is 0 Å². The smallest absolute Gasteiger partial charge is 0.336 e. The van der Waals surface area contributed by atoms with Crippen LogP contribution in [0.15, 0.2) is 64.0 Å². The highest BCUT2D eigenvalue weighted by molar-refractivity contribution is 5.21. The maximum atomic E-state index is 12.8. The molecule has 0 saturated carbocycles. The summed E-state index contributed by atoms with van der Waals surface area (Å²) in [5.74, 6) is 0.121. The Hall–Kier alpha value is -3.16. The number of hydrogen-bond donors (Lipinski definition) is 0. The first-order valence-corrected chi connectivity index (χ1v) is 8.04. The van der Waals surface area contributed by atoms with Crippen LogP contribution >= 0.6 is 0 Å². The van der Waals surface area contributed by atoms with E-state index in [0.29, 0.717) is 12.2 Å². The molecule has 0 N–H and O–H groups in total. The lowest BCUT2D eigenvalue weighted by Gasteiger charge is -2.12. The van der Waals surface area contributed by atoms with Crippen molar-refractivity contribution in [1.29, 1.82) is 0 Å². The van der Waals surface area contributed by atoms with Gasteiger partial charge in [-0.25, -0.2) is 32.5 Å². The lowest BCUT2D eigenvalue weighted by Crippen LogP contribution is -2.54. The number of halogens is 1. The third kappa shape index (κ3) is 4.27. The molecule has 8 heteroatoms. The molecule has 0 atom stereocenters. The molecule has 0 aliphatic rings. The fourth-order valence-electron chi connectivity index (χ4n) is 2.39. The van der Waals surface area contributed by atoms with Crippen molar-refractivity contribution in [3.8, 4) is 5.75 Å². The lowest BCUT2D eigenvalue weighted by molar-refractivity contribution is 0.296. The van der Waals surface area contributed by atoms with Gasteiger partial charge in [-0.1, -0.05) is 12.2 Å². The van der Waals surface area contributed by atoms with Gasteiger partial charge in [0.2, 0.25) is 0 Å².